The minimum Gasteiger partial charge on any atom is -0.505 e. The highest BCUT2D eigenvalue weighted by Gasteiger charge is 2.33. The van der Waals surface area contributed by atoms with Gasteiger partial charge in [0.2, 0.25) is 0 Å². The largest absolute Gasteiger partial charge is 0.505 e. The van der Waals surface area contributed by atoms with Crippen molar-refractivity contribution in [2.75, 3.05) is 45.1 Å². The van der Waals surface area contributed by atoms with Gasteiger partial charge in [-0.3, -0.25) is 4.79 Å². The van der Waals surface area contributed by atoms with Gasteiger partial charge in [0, 0.05) is 37.8 Å². The van der Waals surface area contributed by atoms with Gasteiger partial charge >= 0.3 is 12.1 Å². The van der Waals surface area contributed by atoms with E-state index in [9.17, 15) is 19.5 Å². The predicted octanol–water partition coefficient (Wildman–Crippen LogP) is 4.82. The number of nitrogens with one attached hydrogen (secondary N) is 1. The molecule has 5 rings (SSSR count). The molecule has 2 aromatic rings. The van der Waals surface area contributed by atoms with Crippen LogP contribution >= 0.6 is 23.2 Å². The minimum atomic E-state index is -1.31. The molecular formula is C32H36Cl2N6O5. The first kappa shape index (κ1) is 32.5. The number of piperidine rings is 2. The Morgan fingerprint density at radius 3 is 2.44 bits per heavy atom. The Hall–Kier alpha value is -3.85. The number of urea groups is 1. The van der Waals surface area contributed by atoms with E-state index in [1.165, 1.54) is 17.0 Å². The summed E-state index contributed by atoms with van der Waals surface area (Å²) in [5.41, 5.74) is 2.38. The number of ether oxygens (including phenoxy) is 1. The van der Waals surface area contributed by atoms with E-state index in [-0.39, 0.29) is 40.3 Å². The first-order valence-electron chi connectivity index (χ1n) is 15.1. The van der Waals surface area contributed by atoms with E-state index in [1.54, 1.807) is 0 Å². The molecule has 2 aromatic carbocycles. The molecule has 0 spiro atoms. The second-order valence-corrected chi connectivity index (χ2v) is 12.4. The van der Waals surface area contributed by atoms with Crippen molar-refractivity contribution in [1.82, 2.24) is 14.7 Å². The number of aromatic hydroxyl groups is 1. The summed E-state index contributed by atoms with van der Waals surface area (Å²) < 4.78 is 5.69. The number of carbonyl (C=O) groups excluding carboxylic acids is 3. The van der Waals surface area contributed by atoms with E-state index in [1.807, 2.05) is 29.2 Å². The highest BCUT2D eigenvalue weighted by Crippen LogP contribution is 2.33. The minimum absolute atomic E-state index is 0.00593. The average molecular weight is 656 g/mol. The molecule has 13 heteroatoms. The number of fused-ring (bicyclic) bond motifs is 1. The number of para-hydroxylation sites is 1. The summed E-state index contributed by atoms with van der Waals surface area (Å²) in [4.78, 5) is 53.1. The smallest absolute Gasteiger partial charge is 0.410 e. The van der Waals surface area contributed by atoms with Crippen LogP contribution in [0.25, 0.3) is 0 Å². The first-order valence-corrected chi connectivity index (χ1v) is 15.8. The zero-order valence-electron chi connectivity index (χ0n) is 25.0. The molecule has 0 aromatic heterocycles. The number of phenolic OH excluding ortho intramolecular Hbond substituents is 1. The molecule has 0 bridgehead atoms. The summed E-state index contributed by atoms with van der Waals surface area (Å²) in [6.07, 6.45) is 1.58. The third-order valence-electron chi connectivity index (χ3n) is 8.47. The Morgan fingerprint density at radius 2 is 1.73 bits per heavy atom. The molecule has 0 aliphatic carbocycles. The van der Waals surface area contributed by atoms with E-state index in [0.29, 0.717) is 38.0 Å². The van der Waals surface area contributed by atoms with Crippen LogP contribution in [-0.2, 0) is 22.4 Å². The normalized spacial score (nSPS) is 18.5. The van der Waals surface area contributed by atoms with Gasteiger partial charge in [-0.25, -0.2) is 14.6 Å². The Bertz CT molecular complexity index is 1500. The molecule has 2 saturated heterocycles. The van der Waals surface area contributed by atoms with Gasteiger partial charge in [-0.15, -0.1) is 0 Å². The summed E-state index contributed by atoms with van der Waals surface area (Å²) in [5, 5.41) is 13.0. The van der Waals surface area contributed by atoms with Crippen molar-refractivity contribution in [3.05, 3.63) is 57.6 Å². The SMILES string of the molecule is CN1CCC(N=C=C=NC(=O)[C@@H](Cc2cc(Cl)c(O)c(Cl)c2)OC(=O)N2CCC(N3CCc4ccccc4NC3=O)CC2)CC1. The lowest BCUT2D eigenvalue weighted by Crippen LogP contribution is -2.50. The molecular weight excluding hydrogens is 619 g/mol. The summed E-state index contributed by atoms with van der Waals surface area (Å²) in [5.74, 6) is 4.05. The Labute approximate surface area is 272 Å². The number of likely N-dealkylation sites (tertiary alicyclic amines) is 2. The number of rotatable bonds is 6. The predicted molar refractivity (Wildman–Crippen MR) is 173 cm³/mol. The van der Waals surface area contributed by atoms with Gasteiger partial charge < -0.3 is 29.9 Å². The molecule has 2 N–H and O–H groups in total. The number of carbonyl (C=O) groups is 3. The highest BCUT2D eigenvalue weighted by molar-refractivity contribution is 6.37. The van der Waals surface area contributed by atoms with Crippen molar-refractivity contribution in [1.29, 1.82) is 0 Å². The lowest BCUT2D eigenvalue weighted by Gasteiger charge is -2.37. The maximum Gasteiger partial charge on any atom is 0.410 e. The fraction of sp³-hybridized carbons (Fsp3) is 0.469. The zero-order valence-corrected chi connectivity index (χ0v) is 26.6. The molecule has 0 unspecified atom stereocenters. The van der Waals surface area contributed by atoms with Gasteiger partial charge in [-0.2, -0.15) is 4.99 Å². The van der Waals surface area contributed by atoms with Crippen LogP contribution in [0.2, 0.25) is 10.0 Å². The van der Waals surface area contributed by atoms with Crippen molar-refractivity contribution in [3.63, 3.8) is 0 Å². The topological polar surface area (TPSA) is 127 Å². The van der Waals surface area contributed by atoms with Crippen molar-refractivity contribution in [3.8, 4) is 5.75 Å². The third kappa shape index (κ3) is 8.45. The van der Waals surface area contributed by atoms with Crippen LogP contribution in [0.1, 0.15) is 36.8 Å². The van der Waals surface area contributed by atoms with Gasteiger partial charge in [-0.05, 0) is 81.6 Å². The number of phenols is 1. The van der Waals surface area contributed by atoms with Crippen LogP contribution in [0.15, 0.2) is 46.4 Å². The van der Waals surface area contributed by atoms with E-state index in [2.05, 4.69) is 39.0 Å². The number of nitrogens with zero attached hydrogens (tertiary/aromatic N) is 5. The summed E-state index contributed by atoms with van der Waals surface area (Å²) in [6, 6.07) is 10.6. The Kier molecular flexibility index (Phi) is 10.8. The first-order chi connectivity index (χ1) is 21.7. The van der Waals surface area contributed by atoms with Crippen molar-refractivity contribution in [2.24, 2.45) is 9.98 Å². The molecule has 3 aliphatic heterocycles. The van der Waals surface area contributed by atoms with Gasteiger partial charge in [-0.1, -0.05) is 41.4 Å². The van der Waals surface area contributed by atoms with Gasteiger partial charge in [0.15, 0.2) is 11.9 Å². The molecule has 4 amide bonds. The van der Waals surface area contributed by atoms with Crippen LogP contribution in [0, 0.1) is 0 Å². The molecule has 0 radical (unpaired) electrons. The van der Waals surface area contributed by atoms with E-state index < -0.39 is 18.1 Å². The van der Waals surface area contributed by atoms with Crippen molar-refractivity contribution in [2.45, 2.75) is 56.7 Å². The van der Waals surface area contributed by atoms with E-state index >= 15 is 0 Å². The van der Waals surface area contributed by atoms with Crippen LogP contribution < -0.4 is 5.32 Å². The van der Waals surface area contributed by atoms with Crippen LogP contribution in [0.3, 0.4) is 0 Å². The number of benzene rings is 2. The average Bonchev–Trinajstić information content (AvgIpc) is 3.20. The van der Waals surface area contributed by atoms with Crippen LogP contribution in [0.4, 0.5) is 15.3 Å². The molecule has 45 heavy (non-hydrogen) atoms. The maximum atomic E-state index is 13.3. The van der Waals surface area contributed by atoms with E-state index in [4.69, 9.17) is 27.9 Å². The fourth-order valence-corrected chi connectivity index (χ4v) is 6.35. The number of hydrogen-bond acceptors (Lipinski definition) is 7. The number of aliphatic imine (C=N–C) groups is 2. The van der Waals surface area contributed by atoms with Gasteiger partial charge in [0.25, 0.3) is 5.91 Å². The summed E-state index contributed by atoms with van der Waals surface area (Å²) in [7, 11) is 2.06. The number of amides is 4. The number of anilines is 1. The second-order valence-electron chi connectivity index (χ2n) is 11.6. The Morgan fingerprint density at radius 1 is 1.04 bits per heavy atom. The van der Waals surface area contributed by atoms with Crippen LogP contribution in [-0.4, -0.2) is 108 Å². The summed E-state index contributed by atoms with van der Waals surface area (Å²) >= 11 is 12.2. The highest BCUT2D eigenvalue weighted by atomic mass is 35.5. The third-order valence-corrected chi connectivity index (χ3v) is 9.05. The molecule has 0 saturated carbocycles. The fourth-order valence-electron chi connectivity index (χ4n) is 5.82. The quantitative estimate of drug-likeness (QED) is 0.430. The molecule has 238 valence electrons. The van der Waals surface area contributed by atoms with Gasteiger partial charge in [0.05, 0.1) is 27.8 Å². The number of hydrogen-bond donors (Lipinski definition) is 2. The monoisotopic (exact) mass is 654 g/mol. The zero-order chi connectivity index (χ0) is 31.9. The lowest BCUT2D eigenvalue weighted by atomic mass is 10.0. The standard InChI is InChI=1S/C32H36Cl2N6O5/c1-38-13-7-23(8-14-38)35-11-12-36-30(42)28(20-21-18-25(33)29(41)26(34)19-21)45-32(44)39-15-9-24(10-16-39)40-17-6-22-4-2-3-5-27(22)37-31(40)43/h2-5,18-19,23-24,28,41H,6-10,13-17,20H2,1H3,(H,37,43)/t28-/m1/s1. The molecule has 11 nitrogen and oxygen atoms in total. The van der Waals surface area contributed by atoms with Crippen molar-refractivity contribution >= 4 is 58.7 Å². The number of halogens is 2. The Balaban J connectivity index is 1.23. The molecule has 3 aliphatic rings. The van der Waals surface area contributed by atoms with Crippen LogP contribution in [0.5, 0.6) is 5.75 Å². The molecule has 2 fully saturated rings. The molecule has 3 heterocycles. The van der Waals surface area contributed by atoms with E-state index in [0.717, 1.165) is 43.6 Å². The molecule has 1 atom stereocenters. The van der Waals surface area contributed by atoms with Crippen molar-refractivity contribution < 1.29 is 24.2 Å². The lowest BCUT2D eigenvalue weighted by molar-refractivity contribution is -0.126. The summed E-state index contributed by atoms with van der Waals surface area (Å²) in [6.45, 7) is 3.14. The van der Waals surface area contributed by atoms with Gasteiger partial charge in [0.1, 0.15) is 0 Å². The maximum absolute atomic E-state index is 13.3. The second kappa shape index (κ2) is 15.0.